The molecule has 1 aliphatic carbocycles. The van der Waals surface area contributed by atoms with Crippen LogP contribution in [0.15, 0.2) is 18.2 Å². The lowest BCUT2D eigenvalue weighted by Gasteiger charge is -2.35. The van der Waals surface area contributed by atoms with Crippen molar-refractivity contribution in [2.45, 2.75) is 89.9 Å². The summed E-state index contributed by atoms with van der Waals surface area (Å²) in [7, 11) is 0. The first-order chi connectivity index (χ1) is 16.2. The quantitative estimate of drug-likeness (QED) is 0.660. The Morgan fingerprint density at radius 1 is 0.941 bits per heavy atom. The molecule has 0 unspecified atom stereocenters. The Morgan fingerprint density at radius 2 is 1.65 bits per heavy atom. The molecule has 34 heavy (non-hydrogen) atoms. The van der Waals surface area contributed by atoms with Crippen molar-refractivity contribution in [3.05, 3.63) is 34.9 Å². The Kier molecular flexibility index (Phi) is 6.07. The number of ether oxygens (including phenoxy) is 1. The van der Waals surface area contributed by atoms with Crippen LogP contribution in [0.1, 0.15) is 80.8 Å². The lowest BCUT2D eigenvalue weighted by molar-refractivity contribution is -0.137. The number of carbonyl (C=O) groups excluding carboxylic acids is 3. The fourth-order valence-corrected chi connectivity index (χ4v) is 6.11. The zero-order valence-corrected chi connectivity index (χ0v) is 20.7. The summed E-state index contributed by atoms with van der Waals surface area (Å²) in [6, 6.07) is 6.04. The highest BCUT2D eigenvalue weighted by Crippen LogP contribution is 2.34. The van der Waals surface area contributed by atoms with Gasteiger partial charge in [0.15, 0.2) is 0 Å². The van der Waals surface area contributed by atoms with Crippen molar-refractivity contribution in [3.8, 4) is 0 Å². The Morgan fingerprint density at radius 3 is 2.32 bits per heavy atom. The number of fused-ring (bicyclic) bond motifs is 3. The van der Waals surface area contributed by atoms with E-state index in [2.05, 4.69) is 0 Å². The molecule has 3 amide bonds. The van der Waals surface area contributed by atoms with Gasteiger partial charge in [-0.15, -0.1) is 0 Å². The number of rotatable bonds is 2. The fourth-order valence-electron chi connectivity index (χ4n) is 6.11. The summed E-state index contributed by atoms with van der Waals surface area (Å²) < 4.78 is 5.54. The number of nitrogens with zero attached hydrogens (tertiary/aromatic N) is 3. The van der Waals surface area contributed by atoms with Gasteiger partial charge in [0.1, 0.15) is 5.60 Å². The molecule has 2 saturated heterocycles. The molecule has 0 spiro atoms. The average Bonchev–Trinajstić information content (AvgIpc) is 3.43. The summed E-state index contributed by atoms with van der Waals surface area (Å²) in [5.74, 6) is 0.551. The van der Waals surface area contributed by atoms with Crippen molar-refractivity contribution in [1.82, 2.24) is 14.7 Å². The molecule has 1 aromatic carbocycles. The van der Waals surface area contributed by atoms with Gasteiger partial charge in [0.05, 0.1) is 12.1 Å². The van der Waals surface area contributed by atoms with Crippen molar-refractivity contribution in [2.75, 3.05) is 19.6 Å². The highest BCUT2D eigenvalue weighted by Gasteiger charge is 2.48. The van der Waals surface area contributed by atoms with Gasteiger partial charge in [-0.2, -0.15) is 0 Å². The van der Waals surface area contributed by atoms with Gasteiger partial charge in [0.2, 0.25) is 5.91 Å². The van der Waals surface area contributed by atoms with Gasteiger partial charge in [-0.05, 0) is 69.7 Å². The first kappa shape index (κ1) is 23.2. The normalized spacial score (nSPS) is 24.9. The molecule has 184 valence electrons. The smallest absolute Gasteiger partial charge is 0.410 e. The highest BCUT2D eigenvalue weighted by molar-refractivity contribution is 5.95. The molecule has 1 aromatic rings. The minimum atomic E-state index is -0.520. The Balaban J connectivity index is 1.21. The molecule has 5 rings (SSSR count). The van der Waals surface area contributed by atoms with Crippen LogP contribution >= 0.6 is 0 Å². The van der Waals surface area contributed by atoms with Crippen molar-refractivity contribution in [3.63, 3.8) is 0 Å². The summed E-state index contributed by atoms with van der Waals surface area (Å²) in [6.45, 7) is 8.10. The van der Waals surface area contributed by atoms with Gasteiger partial charge < -0.3 is 19.4 Å². The summed E-state index contributed by atoms with van der Waals surface area (Å²) in [4.78, 5) is 44.5. The van der Waals surface area contributed by atoms with Gasteiger partial charge in [-0.3, -0.25) is 9.59 Å². The average molecular weight is 468 g/mol. The SMILES string of the molecule is CC(C)(C)OC(=O)N1C[C@@H]2C[C@H]1CN2C(=O)c1ccc2c(c1)CCN(C(=O)C1CCCCC1)C2. The van der Waals surface area contributed by atoms with Crippen LogP contribution in [0, 0.1) is 5.92 Å². The maximum Gasteiger partial charge on any atom is 0.410 e. The van der Waals surface area contributed by atoms with Crippen LogP contribution < -0.4 is 0 Å². The van der Waals surface area contributed by atoms with Crippen LogP contribution in [-0.2, 0) is 22.5 Å². The molecular weight excluding hydrogens is 430 g/mol. The molecule has 7 nitrogen and oxygen atoms in total. The Hall–Kier alpha value is -2.57. The summed E-state index contributed by atoms with van der Waals surface area (Å²) in [5.41, 5.74) is 2.53. The van der Waals surface area contributed by atoms with E-state index in [0.717, 1.165) is 37.8 Å². The van der Waals surface area contributed by atoms with Crippen molar-refractivity contribution in [1.29, 1.82) is 0 Å². The molecule has 1 saturated carbocycles. The molecule has 3 aliphatic heterocycles. The van der Waals surface area contributed by atoms with E-state index < -0.39 is 5.60 Å². The fraction of sp³-hybridized carbons (Fsp3) is 0.667. The van der Waals surface area contributed by atoms with Gasteiger partial charge >= 0.3 is 6.09 Å². The van der Waals surface area contributed by atoms with E-state index in [1.54, 1.807) is 4.90 Å². The topological polar surface area (TPSA) is 70.2 Å². The highest BCUT2D eigenvalue weighted by atomic mass is 16.6. The minimum Gasteiger partial charge on any atom is -0.444 e. The van der Waals surface area contributed by atoms with Gasteiger partial charge in [-0.25, -0.2) is 4.79 Å². The molecule has 7 heteroatoms. The van der Waals surface area contributed by atoms with E-state index in [1.807, 2.05) is 48.8 Å². The van der Waals surface area contributed by atoms with E-state index in [-0.39, 0.29) is 30.0 Å². The third-order valence-electron chi connectivity index (χ3n) is 7.86. The Bertz CT molecular complexity index is 979. The lowest BCUT2D eigenvalue weighted by Crippen LogP contribution is -2.51. The van der Waals surface area contributed by atoms with Gasteiger partial charge in [0, 0.05) is 37.7 Å². The van der Waals surface area contributed by atoms with Crippen molar-refractivity contribution in [2.24, 2.45) is 5.92 Å². The number of hydrogen-bond acceptors (Lipinski definition) is 4. The van der Waals surface area contributed by atoms with E-state index in [1.165, 1.54) is 24.8 Å². The molecule has 3 heterocycles. The van der Waals surface area contributed by atoms with E-state index >= 15 is 0 Å². The third kappa shape index (κ3) is 4.53. The molecular formula is C27H37N3O4. The van der Waals surface area contributed by atoms with Crippen LogP contribution in [0.2, 0.25) is 0 Å². The van der Waals surface area contributed by atoms with Crippen LogP contribution in [0.5, 0.6) is 0 Å². The Labute approximate surface area is 202 Å². The number of likely N-dealkylation sites (tertiary alicyclic amines) is 2. The van der Waals surface area contributed by atoms with E-state index in [9.17, 15) is 14.4 Å². The third-order valence-corrected chi connectivity index (χ3v) is 7.86. The second-order valence-corrected chi connectivity index (χ2v) is 11.5. The predicted octanol–water partition coefficient (Wildman–Crippen LogP) is 3.99. The van der Waals surface area contributed by atoms with Crippen LogP contribution in [0.3, 0.4) is 0 Å². The molecule has 2 atom stereocenters. The van der Waals surface area contributed by atoms with Gasteiger partial charge in [0.25, 0.3) is 5.91 Å². The zero-order valence-electron chi connectivity index (χ0n) is 20.7. The minimum absolute atomic E-state index is 0.0285. The van der Waals surface area contributed by atoms with Crippen LogP contribution in [-0.4, -0.2) is 69.9 Å². The predicted molar refractivity (Wildman–Crippen MR) is 128 cm³/mol. The molecule has 0 radical (unpaired) electrons. The summed E-state index contributed by atoms with van der Waals surface area (Å²) in [6.07, 6.45) is 6.97. The van der Waals surface area contributed by atoms with Crippen LogP contribution in [0.4, 0.5) is 4.79 Å². The summed E-state index contributed by atoms with van der Waals surface area (Å²) in [5, 5.41) is 0. The van der Waals surface area contributed by atoms with Gasteiger partial charge in [-0.1, -0.05) is 25.3 Å². The van der Waals surface area contributed by atoms with Crippen molar-refractivity contribution >= 4 is 17.9 Å². The molecule has 0 N–H and O–H groups in total. The number of benzene rings is 1. The first-order valence-corrected chi connectivity index (χ1v) is 12.9. The largest absolute Gasteiger partial charge is 0.444 e. The van der Waals surface area contributed by atoms with Crippen LogP contribution in [0.25, 0.3) is 0 Å². The zero-order chi connectivity index (χ0) is 24.0. The standard InChI is InChI=1S/C27H37N3O4/c1-27(2,3)34-26(33)30-17-22-14-23(30)16-29(22)25(32)20-9-10-21-15-28(12-11-19(21)13-20)24(31)18-7-5-4-6-8-18/h9-10,13,18,22-23H,4-8,11-12,14-17H2,1-3H3/t22-,23-/m0/s1. The number of piperazine rings is 1. The molecule has 4 aliphatic rings. The van der Waals surface area contributed by atoms with E-state index in [4.69, 9.17) is 4.74 Å². The molecule has 2 bridgehead atoms. The maximum atomic E-state index is 13.3. The number of hydrogen-bond donors (Lipinski definition) is 0. The number of amides is 3. The lowest BCUT2D eigenvalue weighted by atomic mass is 9.87. The summed E-state index contributed by atoms with van der Waals surface area (Å²) >= 11 is 0. The van der Waals surface area contributed by atoms with E-state index in [0.29, 0.717) is 31.1 Å². The molecule has 3 fully saturated rings. The maximum absolute atomic E-state index is 13.3. The first-order valence-electron chi connectivity index (χ1n) is 12.9. The monoisotopic (exact) mass is 467 g/mol. The van der Waals surface area contributed by atoms with Crippen molar-refractivity contribution < 1.29 is 19.1 Å². The number of carbonyl (C=O) groups is 3. The second kappa shape index (κ2) is 8.90. The molecule has 0 aromatic heterocycles. The second-order valence-electron chi connectivity index (χ2n) is 11.5.